The Labute approximate surface area is 93.5 Å². The highest BCUT2D eigenvalue weighted by atomic mass is 127. The van der Waals surface area contributed by atoms with Crippen LogP contribution in [0.25, 0.3) is 0 Å². The normalized spacial score (nSPS) is 36.7. The number of ether oxygens (including phenoxy) is 2. The molecular weight excluding hydrogens is 279 g/mol. The van der Waals surface area contributed by atoms with Crippen molar-refractivity contribution in [3.63, 3.8) is 0 Å². The fourth-order valence-corrected chi connectivity index (χ4v) is 2.71. The minimum absolute atomic E-state index is 0.365. The van der Waals surface area contributed by atoms with E-state index in [1.165, 1.54) is 32.1 Å². The van der Waals surface area contributed by atoms with Crippen LogP contribution in [-0.2, 0) is 9.47 Å². The molecule has 0 aromatic carbocycles. The lowest BCUT2D eigenvalue weighted by Crippen LogP contribution is -2.29. The topological polar surface area (TPSA) is 18.5 Å². The molecule has 1 saturated heterocycles. The molecule has 1 aliphatic heterocycles. The molecule has 2 fully saturated rings. The minimum atomic E-state index is 0.365. The number of hydrogen-bond donors (Lipinski definition) is 0. The third-order valence-electron chi connectivity index (χ3n) is 2.88. The highest BCUT2D eigenvalue weighted by Crippen LogP contribution is 2.26. The Morgan fingerprint density at radius 1 is 1.08 bits per heavy atom. The molecule has 2 unspecified atom stereocenters. The summed E-state index contributed by atoms with van der Waals surface area (Å²) < 4.78 is 12.0. The second kappa shape index (κ2) is 4.94. The van der Waals surface area contributed by atoms with E-state index in [2.05, 4.69) is 22.6 Å². The molecule has 1 saturated carbocycles. The van der Waals surface area contributed by atoms with Crippen LogP contribution in [-0.4, -0.2) is 29.3 Å². The highest BCUT2D eigenvalue weighted by Gasteiger charge is 2.29. The van der Waals surface area contributed by atoms with Crippen molar-refractivity contribution in [2.45, 2.75) is 48.2 Å². The first-order valence-electron chi connectivity index (χ1n) is 5.23. The van der Waals surface area contributed by atoms with E-state index in [1.807, 2.05) is 0 Å². The first-order valence-corrected chi connectivity index (χ1v) is 6.48. The molecule has 0 amide bonds. The van der Waals surface area contributed by atoms with E-state index in [4.69, 9.17) is 9.47 Å². The monoisotopic (exact) mass is 296 g/mol. The van der Waals surface area contributed by atoms with E-state index in [0.717, 1.165) is 13.2 Å². The van der Waals surface area contributed by atoms with Crippen molar-refractivity contribution >= 4 is 22.6 Å². The largest absolute Gasteiger partial charge is 0.378 e. The maximum Gasteiger partial charge on any atom is 0.0951 e. The van der Waals surface area contributed by atoms with Gasteiger partial charge in [-0.25, -0.2) is 0 Å². The second-order valence-corrected chi connectivity index (χ2v) is 5.59. The molecule has 0 aromatic heterocycles. The van der Waals surface area contributed by atoms with Gasteiger partial charge in [-0.15, -0.1) is 0 Å². The number of rotatable bonds is 2. The van der Waals surface area contributed by atoms with E-state index in [1.54, 1.807) is 0 Å². The van der Waals surface area contributed by atoms with E-state index < -0.39 is 0 Å². The predicted octanol–water partition coefficient (Wildman–Crippen LogP) is 2.54. The fraction of sp³-hybridized carbons (Fsp3) is 1.00. The fourth-order valence-electron chi connectivity index (χ4n) is 2.08. The molecule has 0 spiro atoms. The van der Waals surface area contributed by atoms with Gasteiger partial charge in [-0.1, -0.05) is 41.9 Å². The van der Waals surface area contributed by atoms with Crippen LogP contribution < -0.4 is 0 Å². The molecule has 76 valence electrons. The predicted molar refractivity (Wildman–Crippen MR) is 60.4 cm³/mol. The van der Waals surface area contributed by atoms with Crippen LogP contribution in [0.1, 0.15) is 32.1 Å². The summed E-state index contributed by atoms with van der Waals surface area (Å²) in [6.07, 6.45) is 7.52. The van der Waals surface area contributed by atoms with Crippen LogP contribution in [0, 0.1) is 0 Å². The summed E-state index contributed by atoms with van der Waals surface area (Å²) in [4.78, 5) is 0. The van der Waals surface area contributed by atoms with Gasteiger partial charge in [0.25, 0.3) is 0 Å². The number of alkyl halides is 1. The molecule has 0 N–H and O–H groups in total. The first kappa shape index (κ1) is 10.2. The van der Waals surface area contributed by atoms with E-state index in [-0.39, 0.29) is 0 Å². The van der Waals surface area contributed by atoms with Crippen molar-refractivity contribution in [3.05, 3.63) is 0 Å². The molecule has 3 heteroatoms. The minimum Gasteiger partial charge on any atom is -0.378 e. The van der Waals surface area contributed by atoms with Crippen molar-refractivity contribution in [2.24, 2.45) is 0 Å². The van der Waals surface area contributed by atoms with Crippen LogP contribution in [0.4, 0.5) is 0 Å². The third kappa shape index (κ3) is 2.80. The van der Waals surface area contributed by atoms with Crippen molar-refractivity contribution in [2.75, 3.05) is 13.2 Å². The lowest BCUT2D eigenvalue weighted by Gasteiger charge is -2.26. The number of halogens is 1. The highest BCUT2D eigenvalue weighted by molar-refractivity contribution is 14.1. The summed E-state index contributed by atoms with van der Waals surface area (Å²) in [5.41, 5.74) is 0. The summed E-state index contributed by atoms with van der Waals surface area (Å²) in [5.74, 6) is 0. The lowest BCUT2D eigenvalue weighted by atomic mass is 9.97. The Morgan fingerprint density at radius 2 is 1.85 bits per heavy atom. The van der Waals surface area contributed by atoms with Gasteiger partial charge in [-0.2, -0.15) is 0 Å². The smallest absolute Gasteiger partial charge is 0.0951 e. The van der Waals surface area contributed by atoms with Gasteiger partial charge in [0.1, 0.15) is 0 Å². The quantitative estimate of drug-likeness (QED) is 0.576. The molecule has 2 atom stereocenters. The van der Waals surface area contributed by atoms with Crippen molar-refractivity contribution in [1.82, 2.24) is 0 Å². The molecule has 13 heavy (non-hydrogen) atoms. The summed E-state index contributed by atoms with van der Waals surface area (Å²) >= 11 is 2.44. The zero-order valence-electron chi connectivity index (χ0n) is 7.88. The van der Waals surface area contributed by atoms with Crippen LogP contribution in [0.15, 0.2) is 0 Å². The van der Waals surface area contributed by atoms with E-state index >= 15 is 0 Å². The SMILES string of the molecule is IC1COCC1OC1CCCCC1. The maximum atomic E-state index is 6.03. The zero-order valence-corrected chi connectivity index (χ0v) is 10.0. The molecule has 1 aliphatic carbocycles. The molecule has 2 nitrogen and oxygen atoms in total. The molecule has 0 aromatic rings. The molecule has 2 aliphatic rings. The number of hydrogen-bond acceptors (Lipinski definition) is 2. The van der Waals surface area contributed by atoms with Crippen LogP contribution in [0.2, 0.25) is 0 Å². The average Bonchev–Trinajstić information content (AvgIpc) is 2.54. The molecular formula is C10H17IO2. The van der Waals surface area contributed by atoms with Gasteiger partial charge in [-0.05, 0) is 12.8 Å². The van der Waals surface area contributed by atoms with Crippen LogP contribution >= 0.6 is 22.6 Å². The average molecular weight is 296 g/mol. The van der Waals surface area contributed by atoms with Crippen LogP contribution in [0.5, 0.6) is 0 Å². The molecule has 0 radical (unpaired) electrons. The zero-order chi connectivity index (χ0) is 9.10. The van der Waals surface area contributed by atoms with Gasteiger partial charge < -0.3 is 9.47 Å². The first-order chi connectivity index (χ1) is 6.36. The Bertz CT molecular complexity index is 157. The van der Waals surface area contributed by atoms with Gasteiger partial charge in [0, 0.05) is 0 Å². The maximum absolute atomic E-state index is 6.03. The lowest BCUT2D eigenvalue weighted by molar-refractivity contribution is -0.0292. The van der Waals surface area contributed by atoms with Crippen molar-refractivity contribution in [3.8, 4) is 0 Å². The summed E-state index contributed by atoms with van der Waals surface area (Å²) in [6.45, 7) is 1.68. The molecule has 1 heterocycles. The molecule has 2 rings (SSSR count). The Morgan fingerprint density at radius 3 is 2.46 bits per heavy atom. The summed E-state index contributed by atoms with van der Waals surface area (Å²) in [6, 6.07) is 0. The van der Waals surface area contributed by atoms with Gasteiger partial charge >= 0.3 is 0 Å². The summed E-state index contributed by atoms with van der Waals surface area (Å²) in [5, 5.41) is 0. The summed E-state index contributed by atoms with van der Waals surface area (Å²) in [7, 11) is 0. The van der Waals surface area contributed by atoms with Gasteiger partial charge in [0.15, 0.2) is 0 Å². The van der Waals surface area contributed by atoms with Crippen molar-refractivity contribution in [1.29, 1.82) is 0 Å². The Hall–Kier alpha value is 0.650. The Kier molecular flexibility index (Phi) is 3.86. The second-order valence-electron chi connectivity index (χ2n) is 3.99. The Balaban J connectivity index is 1.75. The van der Waals surface area contributed by atoms with E-state index in [0.29, 0.717) is 16.1 Å². The third-order valence-corrected chi connectivity index (χ3v) is 4.04. The van der Waals surface area contributed by atoms with Gasteiger partial charge in [-0.3, -0.25) is 0 Å². The van der Waals surface area contributed by atoms with Crippen molar-refractivity contribution < 1.29 is 9.47 Å². The standard InChI is InChI=1S/C10H17IO2/c11-9-6-12-7-10(9)13-8-4-2-1-3-5-8/h8-10H,1-7H2. The van der Waals surface area contributed by atoms with Gasteiger partial charge in [0.2, 0.25) is 0 Å². The molecule has 0 bridgehead atoms. The van der Waals surface area contributed by atoms with Crippen LogP contribution in [0.3, 0.4) is 0 Å². The van der Waals surface area contributed by atoms with Gasteiger partial charge in [0.05, 0.1) is 29.3 Å². The van der Waals surface area contributed by atoms with E-state index in [9.17, 15) is 0 Å².